The molecule has 2 saturated heterocycles. The lowest BCUT2D eigenvalue weighted by molar-refractivity contribution is -0.149. The van der Waals surface area contributed by atoms with Crippen LogP contribution in [0.25, 0.3) is 5.57 Å². The SMILES string of the molecule is COc1ccc(C2=C(OC(=O)C(C)(C)C)[C@H]3[C@@H](C2=O)[C@@H]2CC[C@H]3O2)c(C)c1. The zero-order valence-corrected chi connectivity index (χ0v) is 16.5. The summed E-state index contributed by atoms with van der Waals surface area (Å²) in [6.45, 7) is 7.40. The third kappa shape index (κ3) is 2.80. The average molecular weight is 370 g/mol. The monoisotopic (exact) mass is 370 g/mol. The molecule has 3 aliphatic rings. The van der Waals surface area contributed by atoms with Gasteiger partial charge in [-0.2, -0.15) is 0 Å². The Labute approximate surface area is 159 Å². The van der Waals surface area contributed by atoms with Crippen LogP contribution < -0.4 is 4.74 Å². The number of ether oxygens (including phenoxy) is 3. The number of Topliss-reactive ketones (excluding diaryl/α,β-unsaturated/α-hetero) is 1. The van der Waals surface area contributed by atoms with Crippen molar-refractivity contribution >= 4 is 17.3 Å². The molecule has 4 atom stereocenters. The van der Waals surface area contributed by atoms with Crippen molar-refractivity contribution in [2.24, 2.45) is 17.3 Å². The van der Waals surface area contributed by atoms with Crippen LogP contribution in [-0.2, 0) is 19.1 Å². The molecule has 144 valence electrons. The van der Waals surface area contributed by atoms with Crippen LogP contribution in [-0.4, -0.2) is 31.1 Å². The third-order valence-electron chi connectivity index (χ3n) is 5.89. The van der Waals surface area contributed by atoms with Crippen LogP contribution in [0.2, 0.25) is 0 Å². The summed E-state index contributed by atoms with van der Waals surface area (Å²) < 4.78 is 17.2. The van der Waals surface area contributed by atoms with Gasteiger partial charge in [0.2, 0.25) is 0 Å². The van der Waals surface area contributed by atoms with Gasteiger partial charge in [0.25, 0.3) is 0 Å². The minimum absolute atomic E-state index is 0.0391. The largest absolute Gasteiger partial charge is 0.497 e. The molecule has 0 unspecified atom stereocenters. The van der Waals surface area contributed by atoms with Gasteiger partial charge >= 0.3 is 5.97 Å². The lowest BCUT2D eigenvalue weighted by atomic mass is 9.80. The maximum absolute atomic E-state index is 13.4. The summed E-state index contributed by atoms with van der Waals surface area (Å²) in [6.07, 6.45) is 1.70. The normalized spacial score (nSPS) is 29.3. The maximum Gasteiger partial charge on any atom is 0.316 e. The van der Waals surface area contributed by atoms with E-state index in [2.05, 4.69) is 0 Å². The molecule has 2 bridgehead atoms. The number of hydrogen-bond donors (Lipinski definition) is 0. The van der Waals surface area contributed by atoms with Crippen molar-refractivity contribution in [3.05, 3.63) is 35.1 Å². The smallest absolute Gasteiger partial charge is 0.316 e. The number of aryl methyl sites for hydroxylation is 1. The molecule has 0 spiro atoms. The highest BCUT2D eigenvalue weighted by Crippen LogP contribution is 2.55. The summed E-state index contributed by atoms with van der Waals surface area (Å²) in [4.78, 5) is 26.0. The summed E-state index contributed by atoms with van der Waals surface area (Å²) in [5, 5.41) is 0. The number of ketones is 1. The van der Waals surface area contributed by atoms with E-state index in [9.17, 15) is 9.59 Å². The van der Waals surface area contributed by atoms with Crippen LogP contribution in [0.15, 0.2) is 24.0 Å². The van der Waals surface area contributed by atoms with E-state index in [1.807, 2.05) is 45.9 Å². The number of methoxy groups -OCH3 is 1. The number of carbonyl (C=O) groups excluding carboxylic acids is 2. The second-order valence-corrected chi connectivity index (χ2v) is 8.77. The van der Waals surface area contributed by atoms with E-state index >= 15 is 0 Å². The van der Waals surface area contributed by atoms with Crippen molar-refractivity contribution in [1.29, 1.82) is 0 Å². The van der Waals surface area contributed by atoms with Crippen LogP contribution in [0.3, 0.4) is 0 Å². The number of esters is 1. The molecule has 1 aromatic rings. The second kappa shape index (κ2) is 6.20. The minimum Gasteiger partial charge on any atom is -0.497 e. The molecule has 1 aliphatic carbocycles. The first-order chi connectivity index (χ1) is 12.7. The van der Waals surface area contributed by atoms with Gasteiger partial charge in [-0.05, 0) is 63.8 Å². The molecule has 0 saturated carbocycles. The van der Waals surface area contributed by atoms with Crippen molar-refractivity contribution in [3.8, 4) is 5.75 Å². The molecular formula is C22H26O5. The van der Waals surface area contributed by atoms with Crippen LogP contribution in [0, 0.1) is 24.2 Å². The number of benzene rings is 1. The first-order valence-corrected chi connectivity index (χ1v) is 9.53. The van der Waals surface area contributed by atoms with Gasteiger partial charge in [0.15, 0.2) is 5.78 Å². The van der Waals surface area contributed by atoms with Gasteiger partial charge in [0, 0.05) is 0 Å². The molecule has 27 heavy (non-hydrogen) atoms. The van der Waals surface area contributed by atoms with Gasteiger partial charge < -0.3 is 14.2 Å². The number of carbonyl (C=O) groups is 2. The first kappa shape index (κ1) is 18.2. The molecule has 2 fully saturated rings. The lowest BCUT2D eigenvalue weighted by Gasteiger charge is -2.24. The standard InChI is InChI=1S/C22H26O5/c1-11-10-12(25-5)6-7-13(11)16-19(23)17-14-8-9-15(26-14)18(17)20(16)27-21(24)22(2,3)4/h6-7,10,14-15,17-18H,8-9H2,1-5H3/t14-,15+,17-,18+/m0/s1. The Morgan fingerprint density at radius 1 is 1.15 bits per heavy atom. The van der Waals surface area contributed by atoms with E-state index in [1.54, 1.807) is 7.11 Å². The summed E-state index contributed by atoms with van der Waals surface area (Å²) in [6, 6.07) is 5.62. The zero-order chi connectivity index (χ0) is 19.5. The second-order valence-electron chi connectivity index (χ2n) is 8.77. The van der Waals surface area contributed by atoms with Crippen LogP contribution in [0.1, 0.15) is 44.7 Å². The predicted octanol–water partition coefficient (Wildman–Crippen LogP) is 3.68. The Balaban J connectivity index is 1.83. The Morgan fingerprint density at radius 3 is 2.41 bits per heavy atom. The third-order valence-corrected chi connectivity index (χ3v) is 5.89. The Hall–Kier alpha value is -2.14. The van der Waals surface area contributed by atoms with Crippen molar-refractivity contribution in [2.75, 3.05) is 7.11 Å². The predicted molar refractivity (Wildman–Crippen MR) is 100 cm³/mol. The molecule has 2 aliphatic heterocycles. The number of rotatable bonds is 3. The zero-order valence-electron chi connectivity index (χ0n) is 16.5. The van der Waals surface area contributed by atoms with Crippen molar-refractivity contribution in [1.82, 2.24) is 0 Å². The van der Waals surface area contributed by atoms with Gasteiger partial charge in [-0.3, -0.25) is 9.59 Å². The van der Waals surface area contributed by atoms with Crippen molar-refractivity contribution in [2.45, 2.75) is 52.7 Å². The van der Waals surface area contributed by atoms with Gasteiger partial charge in [-0.15, -0.1) is 0 Å². The van der Waals surface area contributed by atoms with E-state index in [0.717, 1.165) is 29.7 Å². The maximum atomic E-state index is 13.4. The number of allylic oxidation sites excluding steroid dienone is 1. The van der Waals surface area contributed by atoms with Crippen LogP contribution >= 0.6 is 0 Å². The molecule has 4 rings (SSSR count). The molecular weight excluding hydrogens is 344 g/mol. The highest BCUT2D eigenvalue weighted by molar-refractivity contribution is 6.26. The van der Waals surface area contributed by atoms with E-state index in [0.29, 0.717) is 11.3 Å². The van der Waals surface area contributed by atoms with Crippen LogP contribution in [0.5, 0.6) is 5.75 Å². The molecule has 0 radical (unpaired) electrons. The van der Waals surface area contributed by atoms with Crippen LogP contribution in [0.4, 0.5) is 0 Å². The van der Waals surface area contributed by atoms with Gasteiger partial charge in [0.05, 0.1) is 42.1 Å². The van der Waals surface area contributed by atoms with Gasteiger partial charge in [0.1, 0.15) is 11.5 Å². The summed E-state index contributed by atoms with van der Waals surface area (Å²) in [7, 11) is 1.62. The van der Waals surface area contributed by atoms with E-state index < -0.39 is 5.41 Å². The first-order valence-electron chi connectivity index (χ1n) is 9.53. The fourth-order valence-corrected chi connectivity index (χ4v) is 4.48. The Kier molecular flexibility index (Phi) is 4.18. The summed E-state index contributed by atoms with van der Waals surface area (Å²) in [5.41, 5.74) is 1.64. The molecule has 5 heteroatoms. The van der Waals surface area contributed by atoms with E-state index in [1.165, 1.54) is 0 Å². The van der Waals surface area contributed by atoms with E-state index in [4.69, 9.17) is 14.2 Å². The fraction of sp³-hybridized carbons (Fsp3) is 0.545. The molecule has 0 amide bonds. The lowest BCUT2D eigenvalue weighted by Crippen LogP contribution is -2.31. The quantitative estimate of drug-likeness (QED) is 0.760. The summed E-state index contributed by atoms with van der Waals surface area (Å²) >= 11 is 0. The van der Waals surface area contributed by atoms with Gasteiger partial charge in [-0.25, -0.2) is 0 Å². The molecule has 2 heterocycles. The highest BCUT2D eigenvalue weighted by Gasteiger charge is 2.60. The molecule has 0 N–H and O–H groups in total. The van der Waals surface area contributed by atoms with Gasteiger partial charge in [-0.1, -0.05) is 6.07 Å². The molecule has 5 nitrogen and oxygen atoms in total. The molecule has 1 aromatic carbocycles. The summed E-state index contributed by atoms with van der Waals surface area (Å²) in [5.74, 6) is 0.571. The van der Waals surface area contributed by atoms with Crippen molar-refractivity contribution in [3.63, 3.8) is 0 Å². The minimum atomic E-state index is -0.646. The fourth-order valence-electron chi connectivity index (χ4n) is 4.48. The van der Waals surface area contributed by atoms with Crippen molar-refractivity contribution < 1.29 is 23.8 Å². The number of hydrogen-bond acceptors (Lipinski definition) is 5. The molecule has 0 aromatic heterocycles. The number of fused-ring (bicyclic) bond motifs is 5. The van der Waals surface area contributed by atoms with E-state index in [-0.39, 0.29) is 35.8 Å². The average Bonchev–Trinajstić information content (AvgIpc) is 3.28. The Morgan fingerprint density at radius 2 is 1.81 bits per heavy atom. The Bertz CT molecular complexity index is 845. The topological polar surface area (TPSA) is 61.8 Å². The highest BCUT2D eigenvalue weighted by atomic mass is 16.5.